The molecular weight excluding hydrogens is 1050 g/mol. The topological polar surface area (TPSA) is 219 Å². The molecular formula is C58H90O22. The Morgan fingerprint density at radius 3 is 0.925 bits per heavy atom. The molecule has 0 saturated heterocycles. The summed E-state index contributed by atoms with van der Waals surface area (Å²) >= 11 is 0. The summed E-state index contributed by atoms with van der Waals surface area (Å²) in [6, 6.07) is 6.86. The van der Waals surface area contributed by atoms with E-state index < -0.39 is 12.2 Å². The number of rotatable bonds is 54. The summed E-state index contributed by atoms with van der Waals surface area (Å²) in [5.74, 6) is 13.7. The van der Waals surface area contributed by atoms with Crippen LogP contribution in [-0.2, 0) is 85.4 Å². The van der Waals surface area contributed by atoms with E-state index >= 15 is 0 Å². The van der Waals surface area contributed by atoms with Gasteiger partial charge in [0.2, 0.25) is 0 Å². The molecule has 0 amide bonds. The van der Waals surface area contributed by atoms with Crippen molar-refractivity contribution in [2.75, 3.05) is 227 Å². The fraction of sp³-hybridized carbons (Fsp3) is 0.690. The van der Waals surface area contributed by atoms with E-state index in [1.807, 2.05) is 6.92 Å². The third-order valence-electron chi connectivity index (χ3n) is 10.3. The Bertz CT molecular complexity index is 1970. The summed E-state index contributed by atoms with van der Waals surface area (Å²) in [5, 5.41) is 0. The van der Waals surface area contributed by atoms with Crippen molar-refractivity contribution in [3.8, 4) is 46.7 Å². The van der Waals surface area contributed by atoms with E-state index in [2.05, 4.69) is 23.7 Å². The first-order chi connectivity index (χ1) is 39.1. The van der Waals surface area contributed by atoms with Crippen LogP contribution in [-0.4, -0.2) is 250 Å². The maximum absolute atomic E-state index is 12.1. The normalized spacial score (nSPS) is 11.2. The van der Waals surface area contributed by atoms with Crippen LogP contribution < -0.4 is 18.9 Å². The van der Waals surface area contributed by atoms with Crippen LogP contribution in [0.5, 0.6) is 23.0 Å². The van der Waals surface area contributed by atoms with Crippen LogP contribution in [0.1, 0.15) is 43.0 Å². The molecule has 2 rings (SSSR count). The number of benzene rings is 2. The highest BCUT2D eigenvalue weighted by Crippen LogP contribution is 2.32. The second-order valence-corrected chi connectivity index (χ2v) is 17.2. The molecule has 0 fully saturated rings. The molecule has 80 heavy (non-hydrogen) atoms. The number of carbonyl (C=O) groups excluding carboxylic acids is 2. The monoisotopic (exact) mass is 1140 g/mol. The zero-order chi connectivity index (χ0) is 57.9. The summed E-state index contributed by atoms with van der Waals surface area (Å²) in [7, 11) is 6.47. The Balaban J connectivity index is 2.60. The van der Waals surface area contributed by atoms with Gasteiger partial charge in [-0.2, -0.15) is 0 Å². The van der Waals surface area contributed by atoms with Crippen molar-refractivity contribution in [1.29, 1.82) is 0 Å². The quantitative estimate of drug-likeness (QED) is 0.0676. The standard InChI is InChI=1S/C58H90O22/c1-9-10-50-39-58(80-54(45-75-35-31-71-27-23-67-19-15-63-7)46-76-36-32-72-28-24-68-20-16-64-8)52(12-11-51-38-55(77-41-48(3)59)47(2)37-56(51)78-42-49(4)60)40-57(50)79-53(43-73-33-29-69-25-21-65-17-13-61-5)44-74-34-30-70-26-22-66-18-14-62-6/h37-40,53-54H,13-36,41-46H2,1-8H3. The second-order valence-electron chi connectivity index (χ2n) is 17.2. The van der Waals surface area contributed by atoms with Gasteiger partial charge in [0.05, 0.1) is 202 Å². The van der Waals surface area contributed by atoms with E-state index in [1.165, 1.54) is 13.8 Å². The molecule has 0 spiro atoms. The smallest absolute Gasteiger partial charge is 0.167 e. The van der Waals surface area contributed by atoms with Crippen molar-refractivity contribution < 1.29 is 104 Å². The minimum Gasteiger partial charge on any atom is -0.486 e. The van der Waals surface area contributed by atoms with E-state index in [1.54, 1.807) is 59.6 Å². The molecule has 0 bridgehead atoms. The van der Waals surface area contributed by atoms with Gasteiger partial charge in [0.1, 0.15) is 48.4 Å². The number of aryl methyl sites for hydroxylation is 1. The van der Waals surface area contributed by atoms with Crippen LogP contribution in [0.2, 0.25) is 0 Å². The summed E-state index contributed by atoms with van der Waals surface area (Å²) in [5.41, 5.74) is 1.92. The summed E-state index contributed by atoms with van der Waals surface area (Å²) in [6.07, 6.45) is -1.32. The Morgan fingerprint density at radius 1 is 0.362 bits per heavy atom. The Kier molecular flexibility index (Phi) is 44.9. The van der Waals surface area contributed by atoms with Crippen LogP contribution in [0.3, 0.4) is 0 Å². The number of Topliss-reactive ketones (excluding diaryl/α,β-unsaturated/α-hetero) is 2. The number of carbonyl (C=O) groups is 2. The zero-order valence-corrected chi connectivity index (χ0v) is 48.7. The van der Waals surface area contributed by atoms with Gasteiger partial charge in [-0.15, -0.1) is 5.92 Å². The third kappa shape index (κ3) is 37.5. The van der Waals surface area contributed by atoms with Gasteiger partial charge in [0.25, 0.3) is 0 Å². The van der Waals surface area contributed by atoms with Crippen molar-refractivity contribution in [3.05, 3.63) is 46.5 Å². The number of ether oxygens (including phenoxy) is 20. The lowest BCUT2D eigenvalue weighted by Gasteiger charge is -2.23. The van der Waals surface area contributed by atoms with Crippen LogP contribution in [0.15, 0.2) is 24.3 Å². The number of ketones is 2. The third-order valence-corrected chi connectivity index (χ3v) is 10.3. The lowest BCUT2D eigenvalue weighted by molar-refractivity contribution is -0.119. The SMILES string of the molecule is CC#Cc1cc(OC(COCCOCCOCCOC)COCCOCCOCCOC)c(C#Cc2cc(OCC(C)=O)c(C)cc2OCC(C)=O)cc1OC(COCCOCCOCCOC)COCCOCCOCCOC. The molecule has 2 aromatic rings. The molecule has 0 heterocycles. The Morgan fingerprint density at radius 2 is 0.625 bits per heavy atom. The van der Waals surface area contributed by atoms with Crippen molar-refractivity contribution in [2.24, 2.45) is 0 Å². The first kappa shape index (κ1) is 71.6. The van der Waals surface area contributed by atoms with Gasteiger partial charge in [-0.1, -0.05) is 17.8 Å². The van der Waals surface area contributed by atoms with Gasteiger partial charge in [0, 0.05) is 40.6 Å². The molecule has 0 aliphatic heterocycles. The zero-order valence-electron chi connectivity index (χ0n) is 48.7. The number of hydrogen-bond acceptors (Lipinski definition) is 22. The molecule has 0 unspecified atom stereocenters. The molecule has 454 valence electrons. The predicted octanol–water partition coefficient (Wildman–Crippen LogP) is 3.98. The highest BCUT2D eigenvalue weighted by Gasteiger charge is 2.21. The van der Waals surface area contributed by atoms with Crippen molar-refractivity contribution in [2.45, 2.75) is 39.9 Å². The maximum Gasteiger partial charge on any atom is 0.167 e. The van der Waals surface area contributed by atoms with Crippen LogP contribution in [0, 0.1) is 30.6 Å². The molecule has 0 aliphatic rings. The van der Waals surface area contributed by atoms with Gasteiger partial charge in [-0.05, 0) is 45.4 Å². The largest absolute Gasteiger partial charge is 0.486 e. The molecule has 22 heteroatoms. The van der Waals surface area contributed by atoms with Crippen LogP contribution in [0.25, 0.3) is 0 Å². The van der Waals surface area contributed by atoms with Crippen molar-refractivity contribution in [3.63, 3.8) is 0 Å². The van der Waals surface area contributed by atoms with Crippen LogP contribution >= 0.6 is 0 Å². The molecule has 0 N–H and O–H groups in total. The van der Waals surface area contributed by atoms with E-state index in [4.69, 9.17) is 94.7 Å². The maximum atomic E-state index is 12.1. The van der Waals surface area contributed by atoms with E-state index in [0.717, 1.165) is 0 Å². The van der Waals surface area contributed by atoms with Gasteiger partial charge in [-0.25, -0.2) is 0 Å². The van der Waals surface area contributed by atoms with Crippen LogP contribution in [0.4, 0.5) is 0 Å². The van der Waals surface area contributed by atoms with Crippen molar-refractivity contribution in [1.82, 2.24) is 0 Å². The highest BCUT2D eigenvalue weighted by atomic mass is 16.6. The number of methoxy groups -OCH3 is 4. The Labute approximate surface area is 474 Å². The molecule has 2 aromatic carbocycles. The lowest BCUT2D eigenvalue weighted by atomic mass is 10.1. The van der Waals surface area contributed by atoms with E-state index in [9.17, 15) is 9.59 Å². The first-order valence-corrected chi connectivity index (χ1v) is 26.9. The lowest BCUT2D eigenvalue weighted by Crippen LogP contribution is -2.31. The fourth-order valence-corrected chi connectivity index (χ4v) is 6.39. The van der Waals surface area contributed by atoms with Gasteiger partial charge >= 0.3 is 0 Å². The molecule has 0 aromatic heterocycles. The summed E-state index contributed by atoms with van der Waals surface area (Å²) < 4.78 is 115. The van der Waals surface area contributed by atoms with Gasteiger partial charge in [-0.3, -0.25) is 9.59 Å². The van der Waals surface area contributed by atoms with Gasteiger partial charge < -0.3 is 94.7 Å². The fourth-order valence-electron chi connectivity index (χ4n) is 6.39. The van der Waals surface area contributed by atoms with E-state index in [-0.39, 0.29) is 77.6 Å². The highest BCUT2D eigenvalue weighted by molar-refractivity contribution is 5.77. The van der Waals surface area contributed by atoms with E-state index in [0.29, 0.717) is 177 Å². The average Bonchev–Trinajstić information content (AvgIpc) is 3.44. The minimum absolute atomic E-state index is 0.103. The molecule has 0 atom stereocenters. The first-order valence-electron chi connectivity index (χ1n) is 26.9. The predicted molar refractivity (Wildman–Crippen MR) is 295 cm³/mol. The summed E-state index contributed by atoms with van der Waals surface area (Å²) in [6.45, 7) is 15.9. The molecule has 0 radical (unpaired) electrons. The average molecular weight is 1140 g/mol. The second kappa shape index (κ2) is 50.2. The number of hydrogen-bond donors (Lipinski definition) is 0. The molecule has 0 aliphatic carbocycles. The van der Waals surface area contributed by atoms with Crippen molar-refractivity contribution >= 4 is 11.6 Å². The molecule has 0 saturated carbocycles. The minimum atomic E-state index is -0.673. The molecule has 22 nitrogen and oxygen atoms in total. The summed E-state index contributed by atoms with van der Waals surface area (Å²) in [4.78, 5) is 24.1. The Hall–Kier alpha value is -4.54. The van der Waals surface area contributed by atoms with Gasteiger partial charge in [0.15, 0.2) is 11.6 Å².